The van der Waals surface area contributed by atoms with Crippen LogP contribution in [-0.4, -0.2) is 49.0 Å². The van der Waals surface area contributed by atoms with Crippen molar-refractivity contribution >= 4 is 11.6 Å². The first-order valence-electron chi connectivity index (χ1n) is 9.74. The van der Waals surface area contributed by atoms with Gasteiger partial charge in [0.2, 0.25) is 0 Å². The number of anilines is 1. The predicted molar refractivity (Wildman–Crippen MR) is 105 cm³/mol. The van der Waals surface area contributed by atoms with Gasteiger partial charge in [0, 0.05) is 49.3 Å². The summed E-state index contributed by atoms with van der Waals surface area (Å²) >= 11 is 0. The molecule has 1 unspecified atom stereocenters. The van der Waals surface area contributed by atoms with Crippen LogP contribution in [0.3, 0.4) is 0 Å². The molecule has 2 heterocycles. The highest BCUT2D eigenvalue weighted by atomic mass is 19.1. The second-order valence-corrected chi connectivity index (χ2v) is 7.77. The molecule has 1 saturated carbocycles. The number of rotatable bonds is 5. The van der Waals surface area contributed by atoms with Crippen LogP contribution in [0.5, 0.6) is 0 Å². The minimum atomic E-state index is -0.274. The number of H-pyrrole nitrogens is 1. The Morgan fingerprint density at radius 2 is 1.96 bits per heavy atom. The Balaban J connectivity index is 1.54. The summed E-state index contributed by atoms with van der Waals surface area (Å²) in [6.45, 7) is 5.69. The van der Waals surface area contributed by atoms with Gasteiger partial charge in [0.25, 0.3) is 5.91 Å². The van der Waals surface area contributed by atoms with E-state index in [1.165, 1.54) is 6.07 Å². The van der Waals surface area contributed by atoms with Gasteiger partial charge >= 0.3 is 0 Å². The first-order valence-corrected chi connectivity index (χ1v) is 9.74. The maximum atomic E-state index is 14.0. The molecule has 1 amide bonds. The summed E-state index contributed by atoms with van der Waals surface area (Å²) in [7, 11) is 2.11. The Hall–Kier alpha value is -2.34. The molecule has 1 aliphatic heterocycles. The van der Waals surface area contributed by atoms with Crippen molar-refractivity contribution in [1.82, 2.24) is 15.2 Å². The van der Waals surface area contributed by atoms with Gasteiger partial charge in [-0.15, -0.1) is 0 Å². The second kappa shape index (κ2) is 7.35. The number of piperazine rings is 1. The van der Waals surface area contributed by atoms with Gasteiger partial charge in [-0.2, -0.15) is 0 Å². The summed E-state index contributed by atoms with van der Waals surface area (Å²) in [4.78, 5) is 20.6. The third-order valence-electron chi connectivity index (χ3n) is 5.66. The largest absolute Gasteiger partial charge is 0.369 e. The van der Waals surface area contributed by atoms with E-state index in [1.807, 2.05) is 25.3 Å². The van der Waals surface area contributed by atoms with Crippen molar-refractivity contribution in [2.45, 2.75) is 31.7 Å². The summed E-state index contributed by atoms with van der Waals surface area (Å²) in [5, 5.41) is 3.07. The molecule has 2 N–H and O–H groups in total. The van der Waals surface area contributed by atoms with Crippen LogP contribution in [0.25, 0.3) is 0 Å². The number of aromatic amines is 1. The Bertz CT molecular complexity index is 821. The summed E-state index contributed by atoms with van der Waals surface area (Å²) in [5.74, 6) is 0.106. The van der Waals surface area contributed by atoms with E-state index in [0.29, 0.717) is 11.5 Å². The molecule has 1 saturated heterocycles. The van der Waals surface area contributed by atoms with Gasteiger partial charge in [0.05, 0.1) is 11.6 Å². The number of amides is 1. The van der Waals surface area contributed by atoms with Gasteiger partial charge in [-0.25, -0.2) is 4.39 Å². The predicted octanol–water partition coefficient (Wildman–Crippen LogP) is 3.27. The van der Waals surface area contributed by atoms with Crippen LogP contribution in [0.15, 0.2) is 30.5 Å². The molecular formula is C21H27FN4O. The lowest BCUT2D eigenvalue weighted by Crippen LogP contribution is -2.45. The molecule has 0 spiro atoms. The van der Waals surface area contributed by atoms with Gasteiger partial charge < -0.3 is 20.1 Å². The molecule has 1 aliphatic carbocycles. The number of nitrogens with zero attached hydrogens (tertiary/aromatic N) is 2. The molecule has 6 heteroatoms. The molecule has 2 aliphatic rings. The fourth-order valence-corrected chi connectivity index (χ4v) is 3.85. The summed E-state index contributed by atoms with van der Waals surface area (Å²) in [5.41, 5.74) is 3.57. The number of halogens is 1. The highest BCUT2D eigenvalue weighted by molar-refractivity contribution is 5.96. The molecule has 5 nitrogen and oxygen atoms in total. The topological polar surface area (TPSA) is 51.4 Å². The molecular weight excluding hydrogens is 343 g/mol. The van der Waals surface area contributed by atoms with Crippen molar-refractivity contribution in [2.24, 2.45) is 0 Å². The van der Waals surface area contributed by atoms with Crippen molar-refractivity contribution in [3.05, 3.63) is 53.1 Å². The fraction of sp³-hybridized carbons (Fsp3) is 0.476. The van der Waals surface area contributed by atoms with E-state index >= 15 is 0 Å². The SMILES string of the molecule is CC(NC(=O)c1cc[nH]c1C1CC1)c1cc(F)ccc1N1CCN(C)CC1. The number of carbonyl (C=O) groups excluding carboxylic acids is 1. The molecule has 2 fully saturated rings. The monoisotopic (exact) mass is 370 g/mol. The number of nitrogens with one attached hydrogen (secondary N) is 2. The number of carbonyl (C=O) groups is 1. The van der Waals surface area contributed by atoms with E-state index in [9.17, 15) is 9.18 Å². The smallest absolute Gasteiger partial charge is 0.253 e. The number of hydrogen-bond donors (Lipinski definition) is 2. The Morgan fingerprint density at radius 1 is 1.22 bits per heavy atom. The second-order valence-electron chi connectivity index (χ2n) is 7.77. The van der Waals surface area contributed by atoms with Crippen LogP contribution in [0.2, 0.25) is 0 Å². The molecule has 1 atom stereocenters. The lowest BCUT2D eigenvalue weighted by atomic mass is 10.0. The van der Waals surface area contributed by atoms with Crippen LogP contribution in [0.1, 0.15) is 53.3 Å². The third kappa shape index (κ3) is 3.86. The Morgan fingerprint density at radius 3 is 2.67 bits per heavy atom. The van der Waals surface area contributed by atoms with Crippen LogP contribution < -0.4 is 10.2 Å². The molecule has 27 heavy (non-hydrogen) atoms. The number of hydrogen-bond acceptors (Lipinski definition) is 3. The van der Waals surface area contributed by atoms with Crippen molar-refractivity contribution in [2.75, 3.05) is 38.1 Å². The molecule has 0 bridgehead atoms. The standard InChI is InChI=1S/C21H27FN4O/c1-14(24-21(27)17-7-8-23-20(17)15-3-4-15)18-13-16(22)5-6-19(18)26-11-9-25(2)10-12-26/h5-8,13-15,23H,3-4,9-12H2,1-2H3,(H,24,27). The Labute approximate surface area is 159 Å². The maximum absolute atomic E-state index is 14.0. The van der Waals surface area contributed by atoms with Crippen LogP contribution in [-0.2, 0) is 0 Å². The minimum absolute atomic E-state index is 0.0979. The zero-order chi connectivity index (χ0) is 19.0. The van der Waals surface area contributed by atoms with Crippen LogP contribution >= 0.6 is 0 Å². The summed E-state index contributed by atoms with van der Waals surface area (Å²) in [6, 6.07) is 6.46. The van der Waals surface area contributed by atoms with Crippen LogP contribution in [0.4, 0.5) is 10.1 Å². The van der Waals surface area contributed by atoms with Crippen molar-refractivity contribution < 1.29 is 9.18 Å². The maximum Gasteiger partial charge on any atom is 0.253 e. The normalized spacial score (nSPS) is 19.1. The van der Waals surface area contributed by atoms with Gasteiger partial charge in [0.15, 0.2) is 0 Å². The van der Waals surface area contributed by atoms with Gasteiger partial charge in [-0.05, 0) is 57.0 Å². The van der Waals surface area contributed by atoms with Crippen molar-refractivity contribution in [3.63, 3.8) is 0 Å². The molecule has 144 valence electrons. The first kappa shape index (κ1) is 18.0. The highest BCUT2D eigenvalue weighted by Crippen LogP contribution is 2.41. The van der Waals surface area contributed by atoms with E-state index in [0.717, 1.165) is 56.0 Å². The average Bonchev–Trinajstić information content (AvgIpc) is 3.38. The lowest BCUT2D eigenvalue weighted by Gasteiger charge is -2.36. The van der Waals surface area contributed by atoms with Crippen molar-refractivity contribution in [1.29, 1.82) is 0 Å². The molecule has 1 aromatic heterocycles. The van der Waals surface area contributed by atoms with E-state index in [4.69, 9.17) is 0 Å². The van der Waals surface area contributed by atoms with E-state index in [-0.39, 0.29) is 17.8 Å². The van der Waals surface area contributed by atoms with Gasteiger partial charge in [-0.3, -0.25) is 4.79 Å². The molecule has 1 aromatic carbocycles. The van der Waals surface area contributed by atoms with E-state index < -0.39 is 0 Å². The summed E-state index contributed by atoms with van der Waals surface area (Å²) < 4.78 is 14.0. The Kier molecular flexibility index (Phi) is 4.91. The number of likely N-dealkylation sites (N-methyl/N-ethyl adjacent to an activating group) is 1. The third-order valence-corrected chi connectivity index (χ3v) is 5.66. The lowest BCUT2D eigenvalue weighted by molar-refractivity contribution is 0.0939. The zero-order valence-electron chi connectivity index (χ0n) is 16.0. The van der Waals surface area contributed by atoms with Crippen molar-refractivity contribution in [3.8, 4) is 0 Å². The van der Waals surface area contributed by atoms with E-state index in [1.54, 1.807) is 6.07 Å². The number of aromatic nitrogens is 1. The molecule has 2 aromatic rings. The first-order chi connectivity index (χ1) is 13.0. The van der Waals surface area contributed by atoms with Crippen LogP contribution in [0, 0.1) is 5.82 Å². The quantitative estimate of drug-likeness (QED) is 0.849. The van der Waals surface area contributed by atoms with E-state index in [2.05, 4.69) is 27.1 Å². The average molecular weight is 370 g/mol. The minimum Gasteiger partial charge on any atom is -0.369 e. The van der Waals surface area contributed by atoms with Gasteiger partial charge in [0.1, 0.15) is 5.82 Å². The fourth-order valence-electron chi connectivity index (χ4n) is 3.85. The molecule has 0 radical (unpaired) electrons. The zero-order valence-corrected chi connectivity index (χ0v) is 16.0. The number of benzene rings is 1. The highest BCUT2D eigenvalue weighted by Gasteiger charge is 2.30. The van der Waals surface area contributed by atoms with Gasteiger partial charge in [-0.1, -0.05) is 0 Å². The summed E-state index contributed by atoms with van der Waals surface area (Å²) in [6.07, 6.45) is 4.09. The molecule has 4 rings (SSSR count).